The van der Waals surface area contributed by atoms with Gasteiger partial charge in [0, 0.05) is 19.1 Å². The molecule has 0 aromatic heterocycles. The molecular formula is C16H24N2. The summed E-state index contributed by atoms with van der Waals surface area (Å²) in [6.45, 7) is 3.12. The minimum absolute atomic E-state index is 0.604. The Hall–Kier alpha value is -0.860. The fraction of sp³-hybridized carbons (Fsp3) is 0.625. The minimum Gasteiger partial charge on any atom is -0.329 e. The first-order chi connectivity index (χ1) is 8.86. The van der Waals surface area contributed by atoms with E-state index in [1.54, 1.807) is 11.1 Å². The van der Waals surface area contributed by atoms with Crippen LogP contribution in [0.5, 0.6) is 0 Å². The number of rotatable bonds is 3. The monoisotopic (exact) mass is 244 g/mol. The fourth-order valence-corrected chi connectivity index (χ4v) is 3.49. The Kier molecular flexibility index (Phi) is 3.67. The summed E-state index contributed by atoms with van der Waals surface area (Å²) < 4.78 is 0. The lowest BCUT2D eigenvalue weighted by molar-refractivity contribution is 0.145. The van der Waals surface area contributed by atoms with Crippen LogP contribution in [0.1, 0.15) is 42.4 Å². The molecule has 98 valence electrons. The quantitative estimate of drug-likeness (QED) is 0.885. The zero-order valence-corrected chi connectivity index (χ0v) is 11.2. The van der Waals surface area contributed by atoms with Crippen molar-refractivity contribution in [3.63, 3.8) is 0 Å². The van der Waals surface area contributed by atoms with Gasteiger partial charge in [0.15, 0.2) is 0 Å². The van der Waals surface area contributed by atoms with Gasteiger partial charge in [-0.1, -0.05) is 24.6 Å². The Labute approximate surface area is 110 Å². The molecule has 0 bridgehead atoms. The summed E-state index contributed by atoms with van der Waals surface area (Å²) in [5.74, 6) is 0. The molecular weight excluding hydrogens is 220 g/mol. The molecule has 1 aliphatic heterocycles. The number of hydrogen-bond acceptors (Lipinski definition) is 2. The highest BCUT2D eigenvalue weighted by atomic mass is 15.2. The molecule has 1 saturated heterocycles. The lowest BCUT2D eigenvalue weighted by Gasteiger charge is -2.35. The lowest BCUT2D eigenvalue weighted by atomic mass is 10.00. The Morgan fingerprint density at radius 1 is 1.11 bits per heavy atom. The number of piperidine rings is 1. The van der Waals surface area contributed by atoms with Crippen molar-refractivity contribution >= 4 is 0 Å². The van der Waals surface area contributed by atoms with E-state index in [2.05, 4.69) is 23.1 Å². The number of benzene rings is 1. The molecule has 0 radical (unpaired) electrons. The van der Waals surface area contributed by atoms with Gasteiger partial charge in [0.1, 0.15) is 0 Å². The van der Waals surface area contributed by atoms with Gasteiger partial charge >= 0.3 is 0 Å². The number of nitrogens with zero attached hydrogens (tertiary/aromatic N) is 1. The first-order valence-corrected chi connectivity index (χ1v) is 7.41. The van der Waals surface area contributed by atoms with E-state index >= 15 is 0 Å². The molecule has 1 atom stereocenters. The van der Waals surface area contributed by atoms with Gasteiger partial charge in [-0.15, -0.1) is 0 Å². The third-order valence-electron chi connectivity index (χ3n) is 4.57. The van der Waals surface area contributed by atoms with Crippen molar-refractivity contribution < 1.29 is 0 Å². The van der Waals surface area contributed by atoms with Gasteiger partial charge in [0.2, 0.25) is 0 Å². The summed E-state index contributed by atoms with van der Waals surface area (Å²) in [6, 6.07) is 7.71. The molecule has 18 heavy (non-hydrogen) atoms. The number of nitrogens with two attached hydrogens (primary N) is 1. The van der Waals surface area contributed by atoms with Crippen LogP contribution in [0.4, 0.5) is 0 Å². The number of aryl methyl sites for hydroxylation is 2. The van der Waals surface area contributed by atoms with Crippen LogP contribution in [0.2, 0.25) is 0 Å². The van der Waals surface area contributed by atoms with Crippen molar-refractivity contribution in [3.8, 4) is 0 Å². The minimum atomic E-state index is 0.604. The SMILES string of the molecule is NCC1CCCCN1Cc1ccc2c(c1)CCC2. The average molecular weight is 244 g/mol. The largest absolute Gasteiger partial charge is 0.329 e. The molecule has 0 saturated carbocycles. The summed E-state index contributed by atoms with van der Waals surface area (Å²) in [4.78, 5) is 2.58. The maximum Gasteiger partial charge on any atom is 0.0237 e. The Bertz CT molecular complexity index is 414. The summed E-state index contributed by atoms with van der Waals surface area (Å²) in [6.07, 6.45) is 7.87. The molecule has 2 heteroatoms. The van der Waals surface area contributed by atoms with Gasteiger partial charge in [-0.2, -0.15) is 0 Å². The van der Waals surface area contributed by atoms with Crippen molar-refractivity contribution in [3.05, 3.63) is 34.9 Å². The standard InChI is InChI=1S/C16H24N2/c17-11-16-6-1-2-9-18(16)12-13-7-8-14-4-3-5-15(14)10-13/h7-8,10,16H,1-6,9,11-12,17H2. The Morgan fingerprint density at radius 2 is 2.00 bits per heavy atom. The number of fused-ring (bicyclic) bond motifs is 1. The first kappa shape index (κ1) is 12.2. The second-order valence-corrected chi connectivity index (χ2v) is 5.81. The Morgan fingerprint density at radius 3 is 2.89 bits per heavy atom. The average Bonchev–Trinajstić information content (AvgIpc) is 2.87. The van der Waals surface area contributed by atoms with E-state index < -0.39 is 0 Å². The van der Waals surface area contributed by atoms with Gasteiger partial charge in [0.05, 0.1) is 0 Å². The molecule has 3 rings (SSSR count). The van der Waals surface area contributed by atoms with Gasteiger partial charge < -0.3 is 5.73 Å². The molecule has 2 aliphatic rings. The first-order valence-electron chi connectivity index (χ1n) is 7.41. The number of hydrogen-bond donors (Lipinski definition) is 1. The van der Waals surface area contributed by atoms with E-state index in [0.29, 0.717) is 6.04 Å². The van der Waals surface area contributed by atoms with Gasteiger partial charge in [0.25, 0.3) is 0 Å². The summed E-state index contributed by atoms with van der Waals surface area (Å²) in [7, 11) is 0. The van der Waals surface area contributed by atoms with Crippen molar-refractivity contribution in [1.29, 1.82) is 0 Å². The van der Waals surface area contributed by atoms with Gasteiger partial charge in [-0.25, -0.2) is 0 Å². The van der Waals surface area contributed by atoms with Gasteiger partial charge in [-0.3, -0.25) is 4.90 Å². The zero-order valence-electron chi connectivity index (χ0n) is 11.2. The zero-order chi connectivity index (χ0) is 12.4. The highest BCUT2D eigenvalue weighted by Crippen LogP contribution is 2.25. The molecule has 0 spiro atoms. The smallest absolute Gasteiger partial charge is 0.0237 e. The van der Waals surface area contributed by atoms with E-state index in [-0.39, 0.29) is 0 Å². The molecule has 2 nitrogen and oxygen atoms in total. The number of likely N-dealkylation sites (tertiary alicyclic amines) is 1. The second-order valence-electron chi connectivity index (χ2n) is 5.81. The van der Waals surface area contributed by atoms with Crippen LogP contribution in [-0.2, 0) is 19.4 Å². The van der Waals surface area contributed by atoms with Crippen molar-refractivity contribution in [1.82, 2.24) is 4.90 Å². The van der Waals surface area contributed by atoms with E-state index in [0.717, 1.165) is 13.1 Å². The van der Waals surface area contributed by atoms with Crippen molar-refractivity contribution in [2.75, 3.05) is 13.1 Å². The van der Waals surface area contributed by atoms with E-state index in [1.165, 1.54) is 50.6 Å². The molecule has 1 fully saturated rings. The van der Waals surface area contributed by atoms with Crippen LogP contribution in [-0.4, -0.2) is 24.0 Å². The topological polar surface area (TPSA) is 29.3 Å². The molecule has 1 aromatic rings. The predicted molar refractivity (Wildman–Crippen MR) is 75.6 cm³/mol. The second kappa shape index (κ2) is 5.41. The van der Waals surface area contributed by atoms with Crippen LogP contribution in [0.15, 0.2) is 18.2 Å². The highest BCUT2D eigenvalue weighted by Gasteiger charge is 2.21. The van der Waals surface area contributed by atoms with E-state index in [9.17, 15) is 0 Å². The van der Waals surface area contributed by atoms with E-state index in [4.69, 9.17) is 5.73 Å². The van der Waals surface area contributed by atoms with E-state index in [1.807, 2.05) is 0 Å². The fourth-order valence-electron chi connectivity index (χ4n) is 3.49. The van der Waals surface area contributed by atoms with Crippen molar-refractivity contribution in [2.45, 2.75) is 51.1 Å². The normalized spacial score (nSPS) is 24.2. The maximum atomic E-state index is 5.90. The summed E-state index contributed by atoms with van der Waals surface area (Å²) in [5, 5.41) is 0. The summed E-state index contributed by atoms with van der Waals surface area (Å²) in [5.41, 5.74) is 10.5. The molecule has 1 aliphatic carbocycles. The van der Waals surface area contributed by atoms with Crippen LogP contribution in [0.3, 0.4) is 0 Å². The maximum absolute atomic E-state index is 5.90. The van der Waals surface area contributed by atoms with Crippen LogP contribution in [0.25, 0.3) is 0 Å². The third kappa shape index (κ3) is 2.45. The third-order valence-corrected chi connectivity index (χ3v) is 4.57. The van der Waals surface area contributed by atoms with Crippen LogP contribution in [0, 0.1) is 0 Å². The predicted octanol–water partition coefficient (Wildman–Crippen LogP) is 2.49. The Balaban J connectivity index is 1.71. The lowest BCUT2D eigenvalue weighted by Crippen LogP contribution is -2.43. The highest BCUT2D eigenvalue weighted by molar-refractivity contribution is 5.35. The molecule has 1 aromatic carbocycles. The molecule has 2 N–H and O–H groups in total. The molecule has 0 amide bonds. The summed E-state index contributed by atoms with van der Waals surface area (Å²) >= 11 is 0. The van der Waals surface area contributed by atoms with Crippen LogP contribution < -0.4 is 5.73 Å². The van der Waals surface area contributed by atoms with Crippen molar-refractivity contribution in [2.24, 2.45) is 5.73 Å². The van der Waals surface area contributed by atoms with Gasteiger partial charge in [-0.05, 0) is 55.3 Å². The molecule has 1 heterocycles. The molecule has 1 unspecified atom stereocenters. The van der Waals surface area contributed by atoms with Crippen LogP contribution >= 0.6 is 0 Å².